The van der Waals surface area contributed by atoms with Gasteiger partial charge in [-0.25, -0.2) is 0 Å². The number of rotatable bonds is 9. The van der Waals surface area contributed by atoms with E-state index in [1.54, 1.807) is 0 Å². The van der Waals surface area contributed by atoms with Gasteiger partial charge < -0.3 is 9.16 Å². The Kier molecular flexibility index (Phi) is 7.87. The monoisotopic (exact) mass is 354 g/mol. The Balaban J connectivity index is 2.36. The van der Waals surface area contributed by atoms with Crippen LogP contribution < -0.4 is 0 Å². The highest BCUT2D eigenvalue weighted by Gasteiger charge is 2.40. The maximum absolute atomic E-state index is 12.2. The molecule has 0 fully saturated rings. The molecule has 1 aliphatic rings. The van der Waals surface area contributed by atoms with E-state index in [0.29, 0.717) is 12.8 Å². The molecule has 4 nitrogen and oxygen atoms in total. The SMILES string of the molecule is COC(=O)CCCCCCC1=C[C@H](O[Si](C)(C)C(C)(C)C)CC1=O. The van der Waals surface area contributed by atoms with Crippen molar-refractivity contribution in [2.24, 2.45) is 0 Å². The largest absolute Gasteiger partial charge is 0.469 e. The molecule has 0 bridgehead atoms. The Hall–Kier alpha value is -0.943. The molecule has 0 radical (unpaired) electrons. The fraction of sp³-hybridized carbons (Fsp3) is 0.789. The predicted octanol–water partition coefficient (Wildman–Crippen LogP) is 4.79. The topological polar surface area (TPSA) is 52.6 Å². The molecule has 1 aliphatic carbocycles. The second-order valence-corrected chi connectivity index (χ2v) is 13.0. The van der Waals surface area contributed by atoms with Gasteiger partial charge in [0.2, 0.25) is 0 Å². The van der Waals surface area contributed by atoms with Gasteiger partial charge in [-0.1, -0.05) is 33.6 Å². The number of ketones is 1. The first kappa shape index (κ1) is 21.1. The summed E-state index contributed by atoms with van der Waals surface area (Å²) >= 11 is 0. The van der Waals surface area contributed by atoms with Crippen LogP contribution in [0.15, 0.2) is 11.6 Å². The third kappa shape index (κ3) is 6.52. The number of carbonyl (C=O) groups excluding carboxylic acids is 2. The molecular formula is C19H34O4Si. The van der Waals surface area contributed by atoms with Crippen molar-refractivity contribution in [3.63, 3.8) is 0 Å². The molecule has 1 atom stereocenters. The van der Waals surface area contributed by atoms with E-state index in [-0.39, 0.29) is 22.9 Å². The summed E-state index contributed by atoms with van der Waals surface area (Å²) in [7, 11) is -0.414. The molecule has 0 aromatic rings. The zero-order chi connectivity index (χ0) is 18.4. The van der Waals surface area contributed by atoms with E-state index in [0.717, 1.165) is 37.7 Å². The second kappa shape index (κ2) is 8.95. The standard InChI is InChI=1S/C19H34O4Si/c1-19(2,3)24(5,6)23-16-13-15(17(20)14-16)11-9-7-8-10-12-18(21)22-4/h13,16H,7-12,14H2,1-6H3/t16-/m0/s1. The van der Waals surface area contributed by atoms with Crippen LogP contribution in [0.3, 0.4) is 0 Å². The van der Waals surface area contributed by atoms with Crippen LogP contribution in [0.2, 0.25) is 18.1 Å². The van der Waals surface area contributed by atoms with Gasteiger partial charge >= 0.3 is 5.97 Å². The summed E-state index contributed by atoms with van der Waals surface area (Å²) in [5, 5.41) is 0.159. The van der Waals surface area contributed by atoms with Crippen molar-refractivity contribution in [3.8, 4) is 0 Å². The number of esters is 1. The zero-order valence-electron chi connectivity index (χ0n) is 16.2. The molecule has 0 spiro atoms. The van der Waals surface area contributed by atoms with E-state index in [1.807, 2.05) is 0 Å². The van der Waals surface area contributed by atoms with Crippen LogP contribution in [-0.2, 0) is 18.8 Å². The van der Waals surface area contributed by atoms with E-state index < -0.39 is 8.32 Å². The Morgan fingerprint density at radius 3 is 2.42 bits per heavy atom. The molecule has 0 unspecified atom stereocenters. The number of allylic oxidation sites excluding steroid dienone is 1. The molecule has 0 aliphatic heterocycles. The fourth-order valence-electron chi connectivity index (χ4n) is 2.58. The number of methoxy groups -OCH3 is 1. The van der Waals surface area contributed by atoms with Crippen LogP contribution in [0.5, 0.6) is 0 Å². The molecule has 0 N–H and O–H groups in total. The minimum atomic E-state index is -1.83. The molecule has 0 heterocycles. The smallest absolute Gasteiger partial charge is 0.305 e. The second-order valence-electron chi connectivity index (χ2n) is 8.23. The van der Waals surface area contributed by atoms with E-state index in [9.17, 15) is 9.59 Å². The quantitative estimate of drug-likeness (QED) is 0.339. The molecule has 24 heavy (non-hydrogen) atoms. The molecule has 5 heteroatoms. The van der Waals surface area contributed by atoms with Gasteiger partial charge in [0.15, 0.2) is 14.1 Å². The summed E-state index contributed by atoms with van der Waals surface area (Å²) in [6.45, 7) is 11.1. The molecule has 0 saturated heterocycles. The van der Waals surface area contributed by atoms with Crippen molar-refractivity contribution in [2.45, 2.75) is 90.0 Å². The van der Waals surface area contributed by atoms with E-state index in [2.05, 4.69) is 44.7 Å². The lowest BCUT2D eigenvalue weighted by atomic mass is 10.0. The van der Waals surface area contributed by atoms with Crippen molar-refractivity contribution in [1.29, 1.82) is 0 Å². The molecule has 0 amide bonds. The molecular weight excluding hydrogens is 320 g/mol. The van der Waals surface area contributed by atoms with Crippen LogP contribution in [-0.4, -0.2) is 33.3 Å². The van der Waals surface area contributed by atoms with Gasteiger partial charge in [0, 0.05) is 12.8 Å². The van der Waals surface area contributed by atoms with Crippen LogP contribution in [0.1, 0.15) is 65.7 Å². The normalized spacial score (nSPS) is 18.7. The lowest BCUT2D eigenvalue weighted by Gasteiger charge is -2.37. The molecule has 138 valence electrons. The highest BCUT2D eigenvalue weighted by molar-refractivity contribution is 6.74. The van der Waals surface area contributed by atoms with E-state index in [1.165, 1.54) is 7.11 Å². The van der Waals surface area contributed by atoms with Crippen LogP contribution in [0, 0.1) is 0 Å². The molecule has 0 saturated carbocycles. The Morgan fingerprint density at radius 2 is 1.83 bits per heavy atom. The first-order chi connectivity index (χ1) is 11.1. The van der Waals surface area contributed by atoms with Crippen LogP contribution in [0.25, 0.3) is 0 Å². The first-order valence-corrected chi connectivity index (χ1v) is 12.0. The number of carbonyl (C=O) groups is 2. The minimum absolute atomic E-state index is 0.0345. The number of hydrogen-bond donors (Lipinski definition) is 0. The van der Waals surface area contributed by atoms with Gasteiger partial charge in [0.05, 0.1) is 13.2 Å². The van der Waals surface area contributed by atoms with Crippen molar-refractivity contribution >= 4 is 20.1 Å². The Morgan fingerprint density at radius 1 is 1.21 bits per heavy atom. The van der Waals surface area contributed by atoms with Crippen LogP contribution >= 0.6 is 0 Å². The zero-order valence-corrected chi connectivity index (χ0v) is 17.2. The Bertz CT molecular complexity index is 474. The number of hydrogen-bond acceptors (Lipinski definition) is 4. The van der Waals surface area contributed by atoms with Crippen molar-refractivity contribution < 1.29 is 18.8 Å². The first-order valence-electron chi connectivity index (χ1n) is 9.05. The van der Waals surface area contributed by atoms with Crippen LogP contribution in [0.4, 0.5) is 0 Å². The third-order valence-electron chi connectivity index (χ3n) is 5.19. The van der Waals surface area contributed by atoms with Gasteiger partial charge in [-0.15, -0.1) is 0 Å². The minimum Gasteiger partial charge on any atom is -0.469 e. The van der Waals surface area contributed by atoms with Gasteiger partial charge in [-0.05, 0) is 49.0 Å². The summed E-state index contributed by atoms with van der Waals surface area (Å²) in [5.74, 6) is 0.0996. The highest BCUT2D eigenvalue weighted by Crippen LogP contribution is 2.39. The summed E-state index contributed by atoms with van der Waals surface area (Å²) < 4.78 is 11.0. The average molecular weight is 355 g/mol. The van der Waals surface area contributed by atoms with Crippen molar-refractivity contribution in [1.82, 2.24) is 0 Å². The number of Topliss-reactive ketones (excluding diaryl/α,β-unsaturated/α-hetero) is 1. The third-order valence-corrected chi connectivity index (χ3v) is 9.69. The maximum atomic E-state index is 12.2. The summed E-state index contributed by atoms with van der Waals surface area (Å²) in [5.41, 5.74) is 0.937. The number of unbranched alkanes of at least 4 members (excludes halogenated alkanes) is 3. The lowest BCUT2D eigenvalue weighted by Crippen LogP contribution is -2.43. The van der Waals surface area contributed by atoms with Gasteiger partial charge in [-0.2, -0.15) is 0 Å². The molecule has 1 rings (SSSR count). The molecule has 0 aromatic heterocycles. The van der Waals surface area contributed by atoms with Crippen molar-refractivity contribution in [3.05, 3.63) is 11.6 Å². The Labute approximate surface area is 148 Å². The van der Waals surface area contributed by atoms with Gasteiger partial charge in [0.25, 0.3) is 0 Å². The summed E-state index contributed by atoms with van der Waals surface area (Å²) in [6.07, 6.45) is 7.72. The molecule has 0 aromatic carbocycles. The van der Waals surface area contributed by atoms with Gasteiger partial charge in [-0.3, -0.25) is 9.59 Å². The maximum Gasteiger partial charge on any atom is 0.305 e. The fourth-order valence-corrected chi connectivity index (χ4v) is 3.85. The number of ether oxygens (including phenoxy) is 1. The lowest BCUT2D eigenvalue weighted by molar-refractivity contribution is -0.140. The predicted molar refractivity (Wildman–Crippen MR) is 99.5 cm³/mol. The van der Waals surface area contributed by atoms with E-state index >= 15 is 0 Å². The summed E-state index contributed by atoms with van der Waals surface area (Å²) in [4.78, 5) is 23.2. The highest BCUT2D eigenvalue weighted by atomic mass is 28.4. The average Bonchev–Trinajstić information content (AvgIpc) is 2.80. The van der Waals surface area contributed by atoms with Crippen molar-refractivity contribution in [2.75, 3.05) is 7.11 Å². The van der Waals surface area contributed by atoms with Gasteiger partial charge in [0.1, 0.15) is 0 Å². The summed E-state index contributed by atoms with van der Waals surface area (Å²) in [6, 6.07) is 0. The van der Waals surface area contributed by atoms with E-state index in [4.69, 9.17) is 4.43 Å².